The van der Waals surface area contributed by atoms with E-state index in [-0.39, 0.29) is 18.2 Å². The molecule has 1 amide bonds. The van der Waals surface area contributed by atoms with Crippen LogP contribution in [0.3, 0.4) is 0 Å². The van der Waals surface area contributed by atoms with Crippen molar-refractivity contribution in [2.45, 2.75) is 6.92 Å². The lowest BCUT2D eigenvalue weighted by molar-refractivity contribution is 0.0899. The Morgan fingerprint density at radius 3 is 2.83 bits per heavy atom. The lowest BCUT2D eigenvalue weighted by Gasteiger charge is -2.03. The highest BCUT2D eigenvalue weighted by Gasteiger charge is 2.13. The molecule has 0 aliphatic carbocycles. The van der Waals surface area contributed by atoms with Gasteiger partial charge in [-0.25, -0.2) is 0 Å². The molecule has 18 heavy (non-hydrogen) atoms. The van der Waals surface area contributed by atoms with Crippen molar-refractivity contribution in [1.29, 1.82) is 0 Å². The van der Waals surface area contributed by atoms with Gasteiger partial charge in [0.25, 0.3) is 5.91 Å². The molecule has 0 fully saturated rings. The maximum Gasteiger partial charge on any atom is 0.269 e. The van der Waals surface area contributed by atoms with Gasteiger partial charge in [-0.3, -0.25) is 14.3 Å². The van der Waals surface area contributed by atoms with Gasteiger partial charge in [-0.05, 0) is 24.4 Å². The predicted octanol–water partition coefficient (Wildman–Crippen LogP) is 1.40. The summed E-state index contributed by atoms with van der Waals surface area (Å²) in [5, 5.41) is 8.51. The molecular weight excluding hydrogens is 250 g/mol. The number of thiophene rings is 1. The molecule has 6 heteroatoms. The normalized spacial score (nSPS) is 10.3. The maximum atomic E-state index is 11.8. The molecule has 0 saturated heterocycles. The van der Waals surface area contributed by atoms with Crippen molar-refractivity contribution in [3.05, 3.63) is 39.8 Å². The standard InChI is InChI=1S/C12H13N3O2S/c1-8-6-9(15(2)14-8)12(17)13-7-10(16)11-4-3-5-18-11/h3-6H,7H2,1-2H3,(H,13,17). The second-order valence-electron chi connectivity index (χ2n) is 3.88. The van der Waals surface area contributed by atoms with Crippen LogP contribution in [-0.4, -0.2) is 28.0 Å². The number of hydrogen-bond donors (Lipinski definition) is 1. The summed E-state index contributed by atoms with van der Waals surface area (Å²) in [6, 6.07) is 5.24. The summed E-state index contributed by atoms with van der Waals surface area (Å²) in [5.41, 5.74) is 1.22. The van der Waals surface area contributed by atoms with Crippen LogP contribution < -0.4 is 5.32 Å². The smallest absolute Gasteiger partial charge is 0.269 e. The average Bonchev–Trinajstić information content (AvgIpc) is 2.95. The first-order chi connectivity index (χ1) is 8.58. The Hall–Kier alpha value is -1.95. The fraction of sp³-hybridized carbons (Fsp3) is 0.250. The molecule has 5 nitrogen and oxygen atoms in total. The zero-order valence-corrected chi connectivity index (χ0v) is 11.0. The van der Waals surface area contributed by atoms with E-state index in [1.807, 2.05) is 18.4 Å². The lowest BCUT2D eigenvalue weighted by Crippen LogP contribution is -2.30. The Balaban J connectivity index is 1.97. The number of nitrogens with zero attached hydrogens (tertiary/aromatic N) is 2. The van der Waals surface area contributed by atoms with Crippen molar-refractivity contribution in [3.63, 3.8) is 0 Å². The van der Waals surface area contributed by atoms with Crippen LogP contribution in [0, 0.1) is 6.92 Å². The highest BCUT2D eigenvalue weighted by Crippen LogP contribution is 2.08. The summed E-state index contributed by atoms with van der Waals surface area (Å²) in [6.45, 7) is 1.82. The van der Waals surface area contributed by atoms with Crippen molar-refractivity contribution in [2.75, 3.05) is 6.54 Å². The summed E-state index contributed by atoms with van der Waals surface area (Å²) in [6.07, 6.45) is 0. The van der Waals surface area contributed by atoms with Crippen LogP contribution in [0.15, 0.2) is 23.6 Å². The molecule has 0 atom stereocenters. The summed E-state index contributed by atoms with van der Waals surface area (Å²) in [4.78, 5) is 24.2. The van der Waals surface area contributed by atoms with Gasteiger partial charge in [-0.2, -0.15) is 5.10 Å². The number of aryl methyl sites for hydroxylation is 2. The molecule has 0 saturated carbocycles. The van der Waals surface area contributed by atoms with Crippen LogP contribution in [0.4, 0.5) is 0 Å². The van der Waals surface area contributed by atoms with E-state index in [1.165, 1.54) is 16.0 Å². The minimum absolute atomic E-state index is 0.00355. The van der Waals surface area contributed by atoms with Crippen LogP contribution in [0.2, 0.25) is 0 Å². The van der Waals surface area contributed by atoms with Gasteiger partial charge in [-0.15, -0.1) is 11.3 Å². The summed E-state index contributed by atoms with van der Waals surface area (Å²) >= 11 is 1.37. The van der Waals surface area contributed by atoms with Crippen LogP contribution in [0.1, 0.15) is 25.9 Å². The van der Waals surface area contributed by atoms with E-state index < -0.39 is 0 Å². The molecule has 0 unspecified atom stereocenters. The summed E-state index contributed by atoms with van der Waals surface area (Å²) in [5.74, 6) is -0.375. The third-order valence-electron chi connectivity index (χ3n) is 2.44. The largest absolute Gasteiger partial charge is 0.343 e. The minimum Gasteiger partial charge on any atom is -0.343 e. The number of carbonyl (C=O) groups is 2. The fourth-order valence-electron chi connectivity index (χ4n) is 1.60. The van der Waals surface area contributed by atoms with E-state index in [9.17, 15) is 9.59 Å². The van der Waals surface area contributed by atoms with Gasteiger partial charge < -0.3 is 5.32 Å². The second-order valence-corrected chi connectivity index (χ2v) is 4.83. The van der Waals surface area contributed by atoms with E-state index in [0.29, 0.717) is 10.6 Å². The molecule has 2 heterocycles. The topological polar surface area (TPSA) is 64.0 Å². The van der Waals surface area contributed by atoms with Crippen LogP contribution >= 0.6 is 11.3 Å². The summed E-state index contributed by atoms with van der Waals surface area (Å²) in [7, 11) is 1.70. The minimum atomic E-state index is -0.289. The number of carbonyl (C=O) groups excluding carboxylic acids is 2. The molecule has 0 radical (unpaired) electrons. The molecule has 1 N–H and O–H groups in total. The monoisotopic (exact) mass is 263 g/mol. The number of hydrogen-bond acceptors (Lipinski definition) is 4. The Morgan fingerprint density at radius 2 is 2.28 bits per heavy atom. The lowest BCUT2D eigenvalue weighted by atomic mass is 10.3. The third-order valence-corrected chi connectivity index (χ3v) is 3.35. The van der Waals surface area contributed by atoms with Gasteiger partial charge in [0.2, 0.25) is 0 Å². The van der Waals surface area contributed by atoms with E-state index in [4.69, 9.17) is 0 Å². The quantitative estimate of drug-likeness (QED) is 0.848. The zero-order chi connectivity index (χ0) is 13.1. The molecule has 94 valence electrons. The Kier molecular flexibility index (Phi) is 3.57. The van der Waals surface area contributed by atoms with E-state index in [0.717, 1.165) is 5.69 Å². The molecule has 0 aliphatic rings. The van der Waals surface area contributed by atoms with Gasteiger partial charge >= 0.3 is 0 Å². The molecule has 0 bridgehead atoms. The molecular formula is C12H13N3O2S. The Morgan fingerprint density at radius 1 is 1.50 bits per heavy atom. The predicted molar refractivity (Wildman–Crippen MR) is 68.9 cm³/mol. The average molecular weight is 263 g/mol. The van der Waals surface area contributed by atoms with Crippen molar-refractivity contribution >= 4 is 23.0 Å². The molecule has 0 aliphatic heterocycles. The third kappa shape index (κ3) is 2.65. The summed E-state index contributed by atoms with van der Waals surface area (Å²) < 4.78 is 1.50. The van der Waals surface area contributed by atoms with Crippen molar-refractivity contribution in [2.24, 2.45) is 7.05 Å². The first kappa shape index (κ1) is 12.5. The number of Topliss-reactive ketones (excluding diaryl/α,β-unsaturated/α-hetero) is 1. The van der Waals surface area contributed by atoms with Gasteiger partial charge in [-0.1, -0.05) is 6.07 Å². The molecule has 2 aromatic heterocycles. The number of amides is 1. The molecule has 0 spiro atoms. The van der Waals surface area contributed by atoms with Crippen molar-refractivity contribution in [1.82, 2.24) is 15.1 Å². The Bertz CT molecular complexity index is 572. The second kappa shape index (κ2) is 5.14. The molecule has 2 rings (SSSR count). The first-order valence-electron chi connectivity index (χ1n) is 5.43. The van der Waals surface area contributed by atoms with E-state index in [1.54, 1.807) is 19.2 Å². The highest BCUT2D eigenvalue weighted by molar-refractivity contribution is 7.12. The fourth-order valence-corrected chi connectivity index (χ4v) is 2.26. The van der Waals surface area contributed by atoms with Gasteiger partial charge in [0.1, 0.15) is 5.69 Å². The van der Waals surface area contributed by atoms with E-state index >= 15 is 0 Å². The van der Waals surface area contributed by atoms with Gasteiger partial charge in [0.05, 0.1) is 17.1 Å². The molecule has 2 aromatic rings. The van der Waals surface area contributed by atoms with Crippen molar-refractivity contribution in [3.8, 4) is 0 Å². The first-order valence-corrected chi connectivity index (χ1v) is 6.31. The van der Waals surface area contributed by atoms with Crippen molar-refractivity contribution < 1.29 is 9.59 Å². The van der Waals surface area contributed by atoms with Crippen LogP contribution in [0.5, 0.6) is 0 Å². The number of aromatic nitrogens is 2. The molecule has 0 aromatic carbocycles. The zero-order valence-electron chi connectivity index (χ0n) is 10.1. The maximum absolute atomic E-state index is 11.8. The SMILES string of the molecule is Cc1cc(C(=O)NCC(=O)c2cccs2)n(C)n1. The van der Waals surface area contributed by atoms with Crippen LogP contribution in [0.25, 0.3) is 0 Å². The van der Waals surface area contributed by atoms with Crippen LogP contribution in [-0.2, 0) is 7.05 Å². The number of ketones is 1. The Labute approximate surface area is 108 Å². The highest BCUT2D eigenvalue weighted by atomic mass is 32.1. The number of nitrogens with one attached hydrogen (secondary N) is 1. The van der Waals surface area contributed by atoms with E-state index in [2.05, 4.69) is 10.4 Å². The number of rotatable bonds is 4. The van der Waals surface area contributed by atoms with Gasteiger partial charge in [0.15, 0.2) is 5.78 Å². The van der Waals surface area contributed by atoms with Gasteiger partial charge in [0, 0.05) is 7.05 Å².